The summed E-state index contributed by atoms with van der Waals surface area (Å²) in [4.78, 5) is 16.1. The Kier molecular flexibility index (Phi) is 6.91. The number of halogens is 2. The van der Waals surface area contributed by atoms with Gasteiger partial charge < -0.3 is 9.88 Å². The van der Waals surface area contributed by atoms with E-state index in [4.69, 9.17) is 23.2 Å². The number of hydrogen-bond donors (Lipinski definition) is 1. The molecule has 0 aliphatic rings. The van der Waals surface area contributed by atoms with E-state index >= 15 is 0 Å². The van der Waals surface area contributed by atoms with Crippen LogP contribution in [-0.2, 0) is 24.3 Å². The zero-order chi connectivity index (χ0) is 19.1. The maximum atomic E-state index is 12.0. The molecule has 0 bridgehead atoms. The molecule has 27 heavy (non-hydrogen) atoms. The third-order valence-electron chi connectivity index (χ3n) is 4.29. The van der Waals surface area contributed by atoms with Gasteiger partial charge in [-0.1, -0.05) is 53.5 Å². The third-order valence-corrected chi connectivity index (χ3v) is 5.03. The monoisotopic (exact) mass is 401 g/mol. The van der Waals surface area contributed by atoms with Gasteiger partial charge in [0.15, 0.2) is 0 Å². The lowest BCUT2D eigenvalue weighted by atomic mass is 10.1. The molecule has 0 aliphatic carbocycles. The van der Waals surface area contributed by atoms with E-state index < -0.39 is 0 Å². The first-order chi connectivity index (χ1) is 13.1. The summed E-state index contributed by atoms with van der Waals surface area (Å²) < 4.78 is 2.02. The van der Waals surface area contributed by atoms with Crippen molar-refractivity contribution in [2.75, 3.05) is 0 Å². The molecule has 1 N–H and O–H groups in total. The van der Waals surface area contributed by atoms with Gasteiger partial charge in [-0.3, -0.25) is 4.79 Å². The van der Waals surface area contributed by atoms with E-state index in [2.05, 4.69) is 22.4 Å². The topological polar surface area (TPSA) is 46.9 Å². The maximum absolute atomic E-state index is 12.0. The second kappa shape index (κ2) is 9.58. The molecule has 3 aromatic rings. The molecule has 0 saturated carbocycles. The molecule has 0 unspecified atom stereocenters. The second-order valence-electron chi connectivity index (χ2n) is 6.43. The summed E-state index contributed by atoms with van der Waals surface area (Å²) in [6, 6.07) is 13.8. The van der Waals surface area contributed by atoms with Gasteiger partial charge >= 0.3 is 0 Å². The van der Waals surface area contributed by atoms with Crippen LogP contribution >= 0.6 is 23.2 Å². The molecular weight excluding hydrogens is 381 g/mol. The van der Waals surface area contributed by atoms with Crippen LogP contribution in [0.1, 0.15) is 29.5 Å². The van der Waals surface area contributed by atoms with E-state index in [1.165, 1.54) is 5.56 Å². The lowest BCUT2D eigenvalue weighted by Crippen LogP contribution is -2.22. The van der Waals surface area contributed by atoms with Crippen molar-refractivity contribution in [3.8, 4) is 0 Å². The summed E-state index contributed by atoms with van der Waals surface area (Å²) in [6.07, 6.45) is 7.56. The largest absolute Gasteiger partial charge is 0.352 e. The first-order valence-corrected chi connectivity index (χ1v) is 9.60. The number of hydrogen-bond acceptors (Lipinski definition) is 2. The van der Waals surface area contributed by atoms with E-state index in [-0.39, 0.29) is 5.91 Å². The average molecular weight is 402 g/mol. The Balaban J connectivity index is 1.39. The van der Waals surface area contributed by atoms with Gasteiger partial charge in [-0.15, -0.1) is 0 Å². The van der Waals surface area contributed by atoms with Crippen molar-refractivity contribution in [1.29, 1.82) is 0 Å². The van der Waals surface area contributed by atoms with Crippen LogP contribution < -0.4 is 5.32 Å². The van der Waals surface area contributed by atoms with Gasteiger partial charge in [0.2, 0.25) is 5.91 Å². The summed E-state index contributed by atoms with van der Waals surface area (Å²) in [5.41, 5.74) is 3.37. The molecule has 3 rings (SSSR count). The second-order valence-corrected chi connectivity index (χ2v) is 7.24. The highest BCUT2D eigenvalue weighted by molar-refractivity contribution is 6.42. The molecule has 2 aromatic carbocycles. The molecule has 0 radical (unpaired) electrons. The predicted octanol–water partition coefficient (Wildman–Crippen LogP) is 4.88. The number of carbonyl (C=O) groups excluding carboxylic acids is 1. The van der Waals surface area contributed by atoms with Crippen molar-refractivity contribution in [2.45, 2.75) is 32.4 Å². The maximum Gasteiger partial charge on any atom is 0.220 e. The normalized spacial score (nSPS) is 10.7. The number of aromatic nitrogens is 2. The van der Waals surface area contributed by atoms with Gasteiger partial charge in [-0.25, -0.2) is 4.98 Å². The van der Waals surface area contributed by atoms with Crippen molar-refractivity contribution in [3.05, 3.63) is 87.9 Å². The van der Waals surface area contributed by atoms with E-state index in [0.29, 0.717) is 23.0 Å². The molecule has 140 valence electrons. The fourth-order valence-corrected chi connectivity index (χ4v) is 3.11. The summed E-state index contributed by atoms with van der Waals surface area (Å²) >= 11 is 11.9. The fourth-order valence-electron chi connectivity index (χ4n) is 2.79. The number of imidazole rings is 1. The van der Waals surface area contributed by atoms with Crippen LogP contribution in [0, 0.1) is 0 Å². The molecule has 0 saturated heterocycles. The van der Waals surface area contributed by atoms with Crippen LogP contribution in [-0.4, -0.2) is 15.5 Å². The number of rotatable bonds is 8. The van der Waals surface area contributed by atoms with Crippen LogP contribution in [0.4, 0.5) is 0 Å². The average Bonchev–Trinajstić information content (AvgIpc) is 3.17. The Morgan fingerprint density at radius 3 is 2.44 bits per heavy atom. The first-order valence-electron chi connectivity index (χ1n) is 8.84. The highest BCUT2D eigenvalue weighted by Gasteiger charge is 2.04. The van der Waals surface area contributed by atoms with E-state index in [1.807, 2.05) is 35.0 Å². The Morgan fingerprint density at radius 1 is 1.00 bits per heavy atom. The Hall–Kier alpha value is -2.30. The van der Waals surface area contributed by atoms with Gasteiger partial charge in [0.05, 0.1) is 16.4 Å². The molecule has 0 atom stereocenters. The van der Waals surface area contributed by atoms with Gasteiger partial charge in [0.1, 0.15) is 0 Å². The van der Waals surface area contributed by atoms with Crippen molar-refractivity contribution in [2.24, 2.45) is 0 Å². The van der Waals surface area contributed by atoms with Gasteiger partial charge in [-0.05, 0) is 41.7 Å². The van der Waals surface area contributed by atoms with Crippen molar-refractivity contribution < 1.29 is 4.79 Å². The van der Waals surface area contributed by atoms with E-state index in [1.54, 1.807) is 18.6 Å². The highest BCUT2D eigenvalue weighted by atomic mass is 35.5. The zero-order valence-electron chi connectivity index (χ0n) is 14.9. The van der Waals surface area contributed by atoms with Crippen LogP contribution in [0.15, 0.2) is 61.2 Å². The number of benzene rings is 2. The van der Waals surface area contributed by atoms with Crippen LogP contribution in [0.2, 0.25) is 10.0 Å². The molecule has 1 amide bonds. The Labute approximate surface area is 169 Å². The Bertz CT molecular complexity index is 877. The van der Waals surface area contributed by atoms with Gasteiger partial charge in [0, 0.05) is 31.9 Å². The fraction of sp³-hybridized carbons (Fsp3) is 0.238. The molecular formula is C21H21Cl2N3O. The summed E-state index contributed by atoms with van der Waals surface area (Å²) in [7, 11) is 0. The summed E-state index contributed by atoms with van der Waals surface area (Å²) in [5, 5.41) is 4.07. The SMILES string of the molecule is O=C(CCCc1ccc(Cl)c(Cl)c1)NCc1ccc(Cn2ccnc2)cc1. The van der Waals surface area contributed by atoms with Crippen LogP contribution in [0.3, 0.4) is 0 Å². The molecule has 0 fully saturated rings. The molecule has 4 nitrogen and oxygen atoms in total. The number of amides is 1. The standard InChI is InChI=1S/C21H21Cl2N3O/c22-19-9-8-16(12-20(19)23)2-1-3-21(27)25-13-17-4-6-18(7-5-17)14-26-11-10-24-15-26/h4-12,15H,1-3,13-14H2,(H,25,27). The first kappa shape index (κ1) is 19.5. The lowest BCUT2D eigenvalue weighted by molar-refractivity contribution is -0.121. The van der Waals surface area contributed by atoms with Crippen molar-refractivity contribution in [1.82, 2.24) is 14.9 Å². The molecule has 1 aromatic heterocycles. The predicted molar refractivity (Wildman–Crippen MR) is 109 cm³/mol. The third kappa shape index (κ3) is 6.12. The zero-order valence-corrected chi connectivity index (χ0v) is 16.4. The van der Waals surface area contributed by atoms with Gasteiger partial charge in [0.25, 0.3) is 0 Å². The van der Waals surface area contributed by atoms with Crippen LogP contribution in [0.25, 0.3) is 0 Å². The van der Waals surface area contributed by atoms with Crippen LogP contribution in [0.5, 0.6) is 0 Å². The molecule has 1 heterocycles. The van der Waals surface area contributed by atoms with Gasteiger partial charge in [-0.2, -0.15) is 0 Å². The minimum absolute atomic E-state index is 0.0533. The highest BCUT2D eigenvalue weighted by Crippen LogP contribution is 2.23. The smallest absolute Gasteiger partial charge is 0.220 e. The minimum atomic E-state index is 0.0533. The minimum Gasteiger partial charge on any atom is -0.352 e. The van der Waals surface area contributed by atoms with E-state index in [9.17, 15) is 4.79 Å². The Morgan fingerprint density at radius 2 is 1.74 bits per heavy atom. The molecule has 0 spiro atoms. The number of nitrogens with one attached hydrogen (secondary N) is 1. The molecule has 0 aliphatic heterocycles. The molecule has 6 heteroatoms. The number of aryl methyl sites for hydroxylation is 1. The van der Waals surface area contributed by atoms with Crippen molar-refractivity contribution >= 4 is 29.1 Å². The quantitative estimate of drug-likeness (QED) is 0.584. The summed E-state index contributed by atoms with van der Waals surface area (Å²) in [6.45, 7) is 1.33. The number of carbonyl (C=O) groups is 1. The lowest BCUT2D eigenvalue weighted by Gasteiger charge is -2.08. The summed E-state index contributed by atoms with van der Waals surface area (Å²) in [5.74, 6) is 0.0533. The number of nitrogens with zero attached hydrogens (tertiary/aromatic N) is 2. The van der Waals surface area contributed by atoms with E-state index in [0.717, 1.165) is 30.5 Å². The van der Waals surface area contributed by atoms with Crippen molar-refractivity contribution in [3.63, 3.8) is 0 Å².